The SMILES string of the molecule is COc1ccc(C2=CC=C[OH+]S2)cc1.F[B-](F)(F)F. The fraction of sp³-hybridized carbons (Fsp3) is 0.0909. The number of allylic oxidation sites excluding steroid dienone is 2. The highest BCUT2D eigenvalue weighted by atomic mass is 32.2. The van der Waals surface area contributed by atoms with Crippen molar-refractivity contribution in [2.45, 2.75) is 0 Å². The third-order valence-electron chi connectivity index (χ3n) is 1.92. The van der Waals surface area contributed by atoms with Gasteiger partial charge in [-0.25, -0.2) is 0 Å². The van der Waals surface area contributed by atoms with Crippen molar-refractivity contribution in [2.75, 3.05) is 7.11 Å². The standard InChI is InChI=1S/C11H10O2S.BF4/c1-12-10-6-4-9(5-7-10)11-3-2-8-13-14-11;2-1(3,4)5/h2-8H,1H3;/q;-1/p+1. The van der Waals surface area contributed by atoms with Crippen molar-refractivity contribution >= 4 is 24.2 Å². The molecular formula is C11H11BF4O2S. The minimum Gasteiger partial charge on any atom is -0.510 e. The van der Waals surface area contributed by atoms with Crippen molar-refractivity contribution in [2.24, 2.45) is 0 Å². The van der Waals surface area contributed by atoms with Gasteiger partial charge in [-0.2, -0.15) is 0 Å². The highest BCUT2D eigenvalue weighted by Crippen LogP contribution is 2.30. The summed E-state index contributed by atoms with van der Waals surface area (Å²) in [5.74, 6) is 0.877. The van der Waals surface area contributed by atoms with Crippen LogP contribution in [0.15, 0.2) is 42.7 Å². The molecule has 0 amide bonds. The quantitative estimate of drug-likeness (QED) is 0.344. The summed E-state index contributed by atoms with van der Waals surface area (Å²) >= 11 is 1.49. The average molecular weight is 294 g/mol. The molecule has 1 aromatic rings. The van der Waals surface area contributed by atoms with Crippen LogP contribution in [0.25, 0.3) is 4.91 Å². The van der Waals surface area contributed by atoms with E-state index in [0.29, 0.717) is 0 Å². The molecule has 1 aliphatic heterocycles. The lowest BCUT2D eigenvalue weighted by Gasteiger charge is -2.05. The zero-order valence-electron chi connectivity index (χ0n) is 9.89. The fourth-order valence-corrected chi connectivity index (χ4v) is 1.81. The number of halogens is 4. The maximum Gasteiger partial charge on any atom is 0.673 e. The maximum atomic E-state index is 9.75. The predicted octanol–water partition coefficient (Wildman–Crippen LogP) is 4.61. The Morgan fingerprint density at radius 1 is 1.11 bits per heavy atom. The number of hydrogen-bond donors (Lipinski definition) is 0. The first kappa shape index (κ1) is 15.5. The average Bonchev–Trinajstić information content (AvgIpc) is 2.38. The van der Waals surface area contributed by atoms with E-state index < -0.39 is 7.25 Å². The van der Waals surface area contributed by atoms with Crippen LogP contribution in [0.1, 0.15) is 5.56 Å². The molecule has 1 N–H and O–H groups in total. The largest absolute Gasteiger partial charge is 0.673 e. The minimum absolute atomic E-state index is 0.877. The Hall–Kier alpha value is -1.57. The lowest BCUT2D eigenvalue weighted by Crippen LogP contribution is -2.02. The second-order valence-corrected chi connectivity index (χ2v) is 4.13. The van der Waals surface area contributed by atoms with Gasteiger partial charge in [-0.3, -0.25) is 0 Å². The van der Waals surface area contributed by atoms with Crippen LogP contribution < -0.4 is 4.74 Å². The van der Waals surface area contributed by atoms with Crippen LogP contribution in [-0.4, -0.2) is 18.5 Å². The monoisotopic (exact) mass is 294 g/mol. The summed E-state index contributed by atoms with van der Waals surface area (Å²) in [7, 11) is -4.33. The van der Waals surface area contributed by atoms with Crippen LogP contribution in [0.2, 0.25) is 0 Å². The zero-order valence-corrected chi connectivity index (χ0v) is 10.7. The first-order chi connectivity index (χ1) is 8.90. The third-order valence-corrected chi connectivity index (χ3v) is 2.72. The number of ether oxygens (including phenoxy) is 1. The Kier molecular flexibility index (Phi) is 5.81. The molecule has 0 saturated carbocycles. The molecule has 2 nitrogen and oxygen atoms in total. The molecule has 0 unspecified atom stereocenters. The van der Waals surface area contributed by atoms with Gasteiger partial charge in [0.05, 0.1) is 7.11 Å². The van der Waals surface area contributed by atoms with E-state index in [1.54, 1.807) is 13.4 Å². The zero-order chi connectivity index (χ0) is 14.3. The van der Waals surface area contributed by atoms with Crippen molar-refractivity contribution in [1.82, 2.24) is 0 Å². The Balaban J connectivity index is 0.000000312. The van der Waals surface area contributed by atoms with Crippen molar-refractivity contribution in [3.8, 4) is 5.75 Å². The van der Waals surface area contributed by atoms with Crippen molar-refractivity contribution in [1.29, 1.82) is 0 Å². The van der Waals surface area contributed by atoms with Gasteiger partial charge in [0.2, 0.25) is 6.26 Å². The first-order valence-corrected chi connectivity index (χ1v) is 5.93. The molecule has 104 valence electrons. The second-order valence-electron chi connectivity index (χ2n) is 3.29. The molecule has 1 aromatic carbocycles. The van der Waals surface area contributed by atoms with E-state index in [9.17, 15) is 17.3 Å². The van der Waals surface area contributed by atoms with Gasteiger partial charge in [-0.15, -0.1) is 0 Å². The Morgan fingerprint density at radius 3 is 2.11 bits per heavy atom. The third kappa shape index (κ3) is 6.80. The van der Waals surface area contributed by atoms with Crippen LogP contribution in [0.5, 0.6) is 5.75 Å². The molecule has 2 rings (SSSR count). The van der Waals surface area contributed by atoms with Gasteiger partial charge >= 0.3 is 7.25 Å². The summed E-state index contributed by atoms with van der Waals surface area (Å²) in [6, 6.07) is 7.98. The summed E-state index contributed by atoms with van der Waals surface area (Å²) in [5, 5.41) is 0. The van der Waals surface area contributed by atoms with Gasteiger partial charge in [0, 0.05) is 6.08 Å². The van der Waals surface area contributed by atoms with Crippen molar-refractivity contribution in [3.05, 3.63) is 48.2 Å². The number of rotatable bonds is 2. The van der Waals surface area contributed by atoms with E-state index in [-0.39, 0.29) is 0 Å². The molecule has 8 heteroatoms. The first-order valence-electron chi connectivity index (χ1n) is 5.16. The molecule has 0 bridgehead atoms. The maximum absolute atomic E-state index is 9.75. The summed E-state index contributed by atoms with van der Waals surface area (Å²) in [4.78, 5) is 1.16. The van der Waals surface area contributed by atoms with E-state index in [4.69, 9.17) is 4.74 Å². The topological polar surface area (TPSA) is 22.0 Å². The molecule has 0 spiro atoms. The van der Waals surface area contributed by atoms with Crippen molar-refractivity contribution < 1.29 is 26.2 Å². The molecule has 19 heavy (non-hydrogen) atoms. The smallest absolute Gasteiger partial charge is 0.510 e. The van der Waals surface area contributed by atoms with E-state index in [1.165, 1.54) is 17.6 Å². The van der Waals surface area contributed by atoms with E-state index in [1.807, 2.05) is 30.3 Å². The van der Waals surface area contributed by atoms with Crippen LogP contribution in [0.3, 0.4) is 0 Å². The van der Waals surface area contributed by atoms with E-state index in [2.05, 4.69) is 10.3 Å². The van der Waals surface area contributed by atoms with E-state index in [0.717, 1.165) is 10.7 Å². The van der Waals surface area contributed by atoms with Crippen LogP contribution in [-0.2, 0) is 0 Å². The summed E-state index contributed by atoms with van der Waals surface area (Å²) < 4.78 is 48.2. The van der Waals surface area contributed by atoms with Crippen molar-refractivity contribution in [3.63, 3.8) is 0 Å². The predicted molar refractivity (Wildman–Crippen MR) is 70.5 cm³/mol. The molecule has 0 fully saturated rings. The molecule has 0 aliphatic carbocycles. The van der Waals surface area contributed by atoms with Crippen LogP contribution in [0.4, 0.5) is 17.3 Å². The number of methoxy groups -OCH3 is 1. The van der Waals surface area contributed by atoms with Gasteiger partial charge in [0.25, 0.3) is 12.0 Å². The van der Waals surface area contributed by atoms with Crippen LogP contribution >= 0.6 is 12.0 Å². The number of aliphatic hydroxyl groups is 1. The van der Waals surface area contributed by atoms with Crippen LogP contribution in [0, 0.1) is 0 Å². The molecule has 0 aromatic heterocycles. The number of benzene rings is 1. The Bertz CT molecular complexity index is 451. The summed E-state index contributed by atoms with van der Waals surface area (Å²) in [6.07, 6.45) is 5.78. The second kappa shape index (κ2) is 7.13. The molecular weight excluding hydrogens is 283 g/mol. The van der Waals surface area contributed by atoms with Gasteiger partial charge in [0.1, 0.15) is 10.7 Å². The molecule has 1 heterocycles. The molecule has 0 atom stereocenters. The lowest BCUT2D eigenvalue weighted by molar-refractivity contribution is 0.344. The van der Waals surface area contributed by atoms with Gasteiger partial charge in [-0.05, 0) is 35.9 Å². The Labute approximate surface area is 112 Å². The fourth-order valence-electron chi connectivity index (χ4n) is 1.19. The molecule has 0 saturated heterocycles. The van der Waals surface area contributed by atoms with Gasteiger partial charge in [0.15, 0.2) is 0 Å². The number of hydrogen-bond acceptors (Lipinski definition) is 2. The minimum atomic E-state index is -6.00. The van der Waals surface area contributed by atoms with Gasteiger partial charge < -0.3 is 26.2 Å². The van der Waals surface area contributed by atoms with Gasteiger partial charge in [-0.1, -0.05) is 0 Å². The molecule has 0 radical (unpaired) electrons. The normalized spacial score (nSPS) is 13.8. The lowest BCUT2D eigenvalue weighted by atomic mass is 10.2. The highest BCUT2D eigenvalue weighted by Gasteiger charge is 2.20. The molecule has 1 aliphatic rings. The van der Waals surface area contributed by atoms with E-state index >= 15 is 0 Å². The highest BCUT2D eigenvalue weighted by molar-refractivity contribution is 8.03. The Morgan fingerprint density at radius 2 is 1.68 bits per heavy atom. The summed E-state index contributed by atoms with van der Waals surface area (Å²) in [6.45, 7) is 0. The summed E-state index contributed by atoms with van der Waals surface area (Å²) in [5.41, 5.74) is 1.17.